The highest BCUT2D eigenvalue weighted by atomic mass is 16.2. The number of fused-ring (bicyclic) bond motifs is 2. The second-order valence-electron chi connectivity index (χ2n) is 7.83. The summed E-state index contributed by atoms with van der Waals surface area (Å²) >= 11 is 0. The highest BCUT2D eigenvalue weighted by Gasteiger charge is 2.20. The Morgan fingerprint density at radius 2 is 1.70 bits per heavy atom. The number of hydrazine groups is 1. The lowest BCUT2D eigenvalue weighted by molar-refractivity contribution is 0.0848. The third-order valence-corrected chi connectivity index (χ3v) is 5.04. The predicted octanol–water partition coefficient (Wildman–Crippen LogP) is 3.69. The van der Waals surface area contributed by atoms with Crippen molar-refractivity contribution in [3.8, 4) is 0 Å². The van der Waals surface area contributed by atoms with Crippen LogP contribution >= 0.6 is 0 Å². The van der Waals surface area contributed by atoms with E-state index in [4.69, 9.17) is 4.98 Å². The number of carbonyl (C=O) groups is 2. The van der Waals surface area contributed by atoms with Crippen molar-refractivity contribution in [2.24, 2.45) is 0 Å². The molecule has 0 aliphatic carbocycles. The normalized spacial score (nSPS) is 11.5. The number of hydrogen-bond donors (Lipinski definition) is 3. The van der Waals surface area contributed by atoms with Gasteiger partial charge >= 0.3 is 0 Å². The summed E-state index contributed by atoms with van der Waals surface area (Å²) in [5.41, 5.74) is 8.23. The summed E-state index contributed by atoms with van der Waals surface area (Å²) in [6.45, 7) is 8.06. The van der Waals surface area contributed by atoms with Gasteiger partial charge in [0.15, 0.2) is 5.65 Å². The number of hydrogen-bond acceptors (Lipinski definition) is 4. The number of H-pyrrole nitrogens is 1. The van der Waals surface area contributed by atoms with Crippen molar-refractivity contribution >= 4 is 33.8 Å². The Balaban J connectivity index is 1.62. The van der Waals surface area contributed by atoms with E-state index >= 15 is 0 Å². The van der Waals surface area contributed by atoms with Crippen molar-refractivity contribution in [2.45, 2.75) is 39.7 Å². The largest absolute Gasteiger partial charge is 0.360 e. The molecule has 30 heavy (non-hydrogen) atoms. The second-order valence-corrected chi connectivity index (χ2v) is 7.83. The lowest BCUT2D eigenvalue weighted by atomic mass is 10.1. The summed E-state index contributed by atoms with van der Waals surface area (Å²) < 4.78 is 1.79. The minimum atomic E-state index is -0.416. The zero-order chi connectivity index (χ0) is 21.4. The van der Waals surface area contributed by atoms with Gasteiger partial charge in [0.2, 0.25) is 0 Å². The Morgan fingerprint density at radius 1 is 1.00 bits per heavy atom. The van der Waals surface area contributed by atoms with Crippen molar-refractivity contribution in [3.05, 3.63) is 59.5 Å². The summed E-state index contributed by atoms with van der Waals surface area (Å²) in [6, 6.07) is 9.35. The van der Waals surface area contributed by atoms with Crippen LogP contribution in [-0.2, 0) is 0 Å². The van der Waals surface area contributed by atoms with Gasteiger partial charge in [0.25, 0.3) is 11.8 Å². The molecule has 0 aliphatic rings. The predicted molar refractivity (Wildman–Crippen MR) is 115 cm³/mol. The SMILES string of the molecule is CC(C)c1cc(C(=O)NNC(=O)c2c[nH]c3ccccc23)c2cnn(C(C)C)c2n1. The standard InChI is InChI=1S/C22H24N6O2/c1-12(2)19-9-15(16-11-24-28(13(3)4)20(16)25-19)21(29)26-27-22(30)17-10-23-18-8-6-5-7-14(17)18/h5-13,23H,1-4H3,(H,26,29)(H,27,30). The van der Waals surface area contributed by atoms with Crippen LogP contribution in [0.4, 0.5) is 0 Å². The summed E-state index contributed by atoms with van der Waals surface area (Å²) in [5, 5.41) is 5.82. The van der Waals surface area contributed by atoms with Gasteiger partial charge in [-0.05, 0) is 31.9 Å². The van der Waals surface area contributed by atoms with E-state index in [9.17, 15) is 9.59 Å². The van der Waals surface area contributed by atoms with E-state index in [1.54, 1.807) is 23.1 Å². The average Bonchev–Trinajstić information content (AvgIpc) is 3.35. The van der Waals surface area contributed by atoms with Crippen LogP contribution in [0.3, 0.4) is 0 Å². The summed E-state index contributed by atoms with van der Waals surface area (Å²) in [5.74, 6) is -0.675. The van der Waals surface area contributed by atoms with Crippen LogP contribution in [0.5, 0.6) is 0 Å². The van der Waals surface area contributed by atoms with Gasteiger partial charge in [0, 0.05) is 28.8 Å². The van der Waals surface area contributed by atoms with E-state index in [2.05, 4.69) is 20.9 Å². The number of amides is 2. The molecule has 0 fully saturated rings. The van der Waals surface area contributed by atoms with Crippen molar-refractivity contribution in [2.75, 3.05) is 0 Å². The van der Waals surface area contributed by atoms with Crippen LogP contribution in [0.25, 0.3) is 21.9 Å². The number of nitrogens with zero attached hydrogens (tertiary/aromatic N) is 3. The molecule has 8 nitrogen and oxygen atoms in total. The highest BCUT2D eigenvalue weighted by Crippen LogP contribution is 2.24. The molecular weight excluding hydrogens is 380 g/mol. The fourth-order valence-electron chi connectivity index (χ4n) is 3.41. The van der Waals surface area contributed by atoms with Crippen LogP contribution in [-0.4, -0.2) is 31.6 Å². The van der Waals surface area contributed by atoms with Gasteiger partial charge < -0.3 is 4.98 Å². The van der Waals surface area contributed by atoms with E-state index in [1.807, 2.05) is 52.0 Å². The van der Waals surface area contributed by atoms with E-state index in [0.717, 1.165) is 16.6 Å². The van der Waals surface area contributed by atoms with Gasteiger partial charge in [-0.25, -0.2) is 9.67 Å². The Morgan fingerprint density at radius 3 is 2.40 bits per heavy atom. The van der Waals surface area contributed by atoms with Crippen molar-refractivity contribution in [1.29, 1.82) is 0 Å². The Labute approximate surface area is 173 Å². The number of carbonyl (C=O) groups excluding carboxylic acids is 2. The summed E-state index contributed by atoms with van der Waals surface area (Å²) in [7, 11) is 0. The van der Waals surface area contributed by atoms with Crippen LogP contribution < -0.4 is 10.9 Å². The van der Waals surface area contributed by atoms with E-state index in [-0.39, 0.29) is 12.0 Å². The Kier molecular flexibility index (Phi) is 4.99. The lowest BCUT2D eigenvalue weighted by Gasteiger charge is -2.12. The van der Waals surface area contributed by atoms with Crippen molar-refractivity contribution in [3.63, 3.8) is 0 Å². The molecule has 0 atom stereocenters. The van der Waals surface area contributed by atoms with E-state index in [0.29, 0.717) is 22.2 Å². The van der Waals surface area contributed by atoms with Crippen LogP contribution in [0.1, 0.15) is 66.1 Å². The molecule has 0 spiro atoms. The molecule has 154 valence electrons. The van der Waals surface area contributed by atoms with Crippen LogP contribution in [0, 0.1) is 0 Å². The molecular formula is C22H24N6O2. The van der Waals surface area contributed by atoms with E-state index < -0.39 is 11.8 Å². The third-order valence-electron chi connectivity index (χ3n) is 5.04. The van der Waals surface area contributed by atoms with Gasteiger partial charge in [0.1, 0.15) is 0 Å². The molecule has 1 aromatic carbocycles. The molecule has 3 heterocycles. The van der Waals surface area contributed by atoms with Gasteiger partial charge in [-0.2, -0.15) is 5.10 Å². The number of aromatic nitrogens is 4. The number of benzene rings is 1. The molecule has 4 rings (SSSR count). The molecule has 2 amide bonds. The molecule has 0 bridgehead atoms. The van der Waals surface area contributed by atoms with Crippen LogP contribution in [0.2, 0.25) is 0 Å². The van der Waals surface area contributed by atoms with E-state index in [1.165, 1.54) is 0 Å². The molecule has 3 N–H and O–H groups in total. The Bertz CT molecular complexity index is 1250. The number of para-hydroxylation sites is 1. The highest BCUT2D eigenvalue weighted by molar-refractivity contribution is 6.09. The fourth-order valence-corrected chi connectivity index (χ4v) is 3.41. The topological polar surface area (TPSA) is 105 Å². The second kappa shape index (κ2) is 7.62. The zero-order valence-electron chi connectivity index (χ0n) is 17.4. The number of pyridine rings is 1. The van der Waals surface area contributed by atoms with Gasteiger partial charge in [-0.3, -0.25) is 20.4 Å². The quantitative estimate of drug-likeness (QED) is 0.451. The first-order valence-corrected chi connectivity index (χ1v) is 9.91. The van der Waals surface area contributed by atoms with Gasteiger partial charge in [-0.1, -0.05) is 32.0 Å². The molecule has 3 aromatic heterocycles. The molecule has 0 saturated heterocycles. The first kappa shape index (κ1) is 19.6. The number of nitrogens with one attached hydrogen (secondary N) is 3. The lowest BCUT2D eigenvalue weighted by Crippen LogP contribution is -2.41. The average molecular weight is 404 g/mol. The van der Waals surface area contributed by atoms with Gasteiger partial charge in [-0.15, -0.1) is 0 Å². The summed E-state index contributed by atoms with van der Waals surface area (Å²) in [4.78, 5) is 33.3. The molecule has 0 radical (unpaired) electrons. The first-order valence-electron chi connectivity index (χ1n) is 9.91. The monoisotopic (exact) mass is 404 g/mol. The van der Waals surface area contributed by atoms with Crippen LogP contribution in [0.15, 0.2) is 42.7 Å². The third kappa shape index (κ3) is 3.41. The minimum absolute atomic E-state index is 0.106. The number of rotatable bonds is 4. The maximum atomic E-state index is 13.0. The zero-order valence-corrected chi connectivity index (χ0v) is 17.4. The molecule has 0 unspecified atom stereocenters. The first-order chi connectivity index (χ1) is 14.4. The minimum Gasteiger partial charge on any atom is -0.360 e. The molecule has 0 saturated carbocycles. The van der Waals surface area contributed by atoms with Crippen molar-refractivity contribution < 1.29 is 9.59 Å². The maximum Gasteiger partial charge on any atom is 0.271 e. The molecule has 4 aromatic rings. The maximum absolute atomic E-state index is 13.0. The molecule has 8 heteroatoms. The summed E-state index contributed by atoms with van der Waals surface area (Å²) in [6.07, 6.45) is 3.27. The fraction of sp³-hybridized carbons (Fsp3) is 0.273. The Hall–Kier alpha value is -3.68. The molecule has 0 aliphatic heterocycles. The van der Waals surface area contributed by atoms with Crippen molar-refractivity contribution in [1.82, 2.24) is 30.6 Å². The van der Waals surface area contributed by atoms with Gasteiger partial charge in [0.05, 0.1) is 22.7 Å². The number of aromatic amines is 1. The smallest absolute Gasteiger partial charge is 0.271 e.